The first-order chi connectivity index (χ1) is 5.52. The number of H-pyrrole nitrogens is 1. The molecule has 0 aliphatic heterocycles. The summed E-state index contributed by atoms with van der Waals surface area (Å²) in [6.07, 6.45) is -2.58. The Bertz CT molecular complexity index is 326. The third-order valence-electron chi connectivity index (χ3n) is 1.20. The fourth-order valence-corrected chi connectivity index (χ4v) is 2.45. The van der Waals surface area contributed by atoms with Gasteiger partial charge in [-0.2, -0.15) is 0 Å². The van der Waals surface area contributed by atoms with E-state index in [2.05, 4.69) is 20.9 Å². The Labute approximate surface area is 88.6 Å². The second-order valence-electron chi connectivity index (χ2n) is 2.01. The van der Waals surface area contributed by atoms with E-state index in [-0.39, 0.29) is 13.7 Å². The lowest BCUT2D eigenvalue weighted by Crippen LogP contribution is -2.08. The van der Waals surface area contributed by atoms with Crippen molar-refractivity contribution in [2.75, 3.05) is 0 Å². The minimum absolute atomic E-state index is 0.0504. The van der Waals surface area contributed by atoms with Crippen LogP contribution in [0.2, 0.25) is 0 Å². The van der Waals surface area contributed by atoms with Gasteiger partial charge in [0, 0.05) is 9.64 Å². The van der Waals surface area contributed by atoms with Gasteiger partial charge in [0.25, 0.3) is 6.43 Å². The van der Waals surface area contributed by atoms with E-state index in [9.17, 15) is 13.6 Å². The minimum atomic E-state index is -2.58. The molecule has 0 aliphatic carbocycles. The van der Waals surface area contributed by atoms with E-state index in [1.807, 2.05) is 0 Å². The number of alkyl halides is 2. The molecule has 0 unspecified atom stereocenters. The van der Waals surface area contributed by atoms with Crippen LogP contribution >= 0.6 is 38.5 Å². The Hall–Kier alpha value is 0.0200. The molecule has 1 aromatic heterocycles. The highest BCUT2D eigenvalue weighted by Crippen LogP contribution is 2.28. The molecule has 1 heterocycles. The molecule has 12 heavy (non-hydrogen) atoms. The largest absolute Gasteiger partial charge is 0.316 e. The van der Waals surface area contributed by atoms with Crippen LogP contribution in [0.15, 0.2) is 15.5 Å². The second-order valence-corrected chi connectivity index (χ2v) is 3.97. The summed E-state index contributed by atoms with van der Waals surface area (Å²) in [5, 5.41) is 0. The number of nitrogens with one attached hydrogen (secondary N) is 1. The Morgan fingerprint density at radius 3 is 2.58 bits per heavy atom. The van der Waals surface area contributed by atoms with Gasteiger partial charge in [-0.1, -0.05) is 0 Å². The predicted molar refractivity (Wildman–Crippen MR) is 52.4 cm³/mol. The molecule has 0 fully saturated rings. The summed E-state index contributed by atoms with van der Waals surface area (Å²) >= 11 is 4.56. The first kappa shape index (κ1) is 10.1. The molecule has 0 aliphatic rings. The van der Waals surface area contributed by atoms with Crippen LogP contribution in [0.5, 0.6) is 0 Å². The maximum atomic E-state index is 12.3. The summed E-state index contributed by atoms with van der Waals surface area (Å²) in [6, 6.07) is 1.13. The van der Waals surface area contributed by atoms with E-state index in [1.165, 1.54) is 0 Å². The van der Waals surface area contributed by atoms with Gasteiger partial charge in [0.2, 0.25) is 5.56 Å². The average molecular weight is 350 g/mol. The van der Waals surface area contributed by atoms with Gasteiger partial charge in [-0.25, -0.2) is 8.78 Å². The van der Waals surface area contributed by atoms with Crippen molar-refractivity contribution in [2.24, 2.45) is 0 Å². The van der Waals surface area contributed by atoms with Crippen LogP contribution in [0.3, 0.4) is 0 Å². The topological polar surface area (TPSA) is 32.9 Å². The van der Waals surface area contributed by atoms with Crippen molar-refractivity contribution in [1.29, 1.82) is 0 Å². The fraction of sp³-hybridized carbons (Fsp3) is 0.167. The highest BCUT2D eigenvalue weighted by molar-refractivity contribution is 14.1. The Kier molecular flexibility index (Phi) is 3.22. The molecule has 0 bridgehead atoms. The van der Waals surface area contributed by atoms with E-state index < -0.39 is 12.0 Å². The zero-order valence-electron chi connectivity index (χ0n) is 5.57. The van der Waals surface area contributed by atoms with Gasteiger partial charge in [-0.3, -0.25) is 4.79 Å². The lowest BCUT2D eigenvalue weighted by Gasteiger charge is -2.04. The third kappa shape index (κ3) is 2.03. The standard InChI is InChI=1S/C6H3BrF2INO/c7-5-4(6(8)9)2(10)1-3(12)11-5/h1,6H,(H,11,12). The van der Waals surface area contributed by atoms with Crippen LogP contribution in [0, 0.1) is 3.57 Å². The summed E-state index contributed by atoms with van der Waals surface area (Å²) in [5.41, 5.74) is -0.564. The quantitative estimate of drug-likeness (QED) is 0.613. The molecule has 6 heteroatoms. The molecule has 2 nitrogen and oxygen atoms in total. The number of aromatic nitrogens is 1. The lowest BCUT2D eigenvalue weighted by atomic mass is 10.3. The summed E-state index contributed by atoms with van der Waals surface area (Å²) in [6.45, 7) is 0. The van der Waals surface area contributed by atoms with Crippen molar-refractivity contribution in [2.45, 2.75) is 6.43 Å². The highest BCUT2D eigenvalue weighted by Gasteiger charge is 2.16. The number of hydrogen-bond donors (Lipinski definition) is 1. The monoisotopic (exact) mass is 349 g/mol. The smallest absolute Gasteiger partial charge is 0.267 e. The van der Waals surface area contributed by atoms with Gasteiger partial charge in [-0.15, -0.1) is 0 Å². The van der Waals surface area contributed by atoms with Crippen molar-refractivity contribution in [3.05, 3.63) is 30.2 Å². The van der Waals surface area contributed by atoms with E-state index in [4.69, 9.17) is 0 Å². The van der Waals surface area contributed by atoms with Crippen molar-refractivity contribution in [3.8, 4) is 0 Å². The van der Waals surface area contributed by atoms with Crippen LogP contribution < -0.4 is 5.56 Å². The maximum Gasteiger partial charge on any atom is 0.267 e. The van der Waals surface area contributed by atoms with Crippen LogP contribution in [-0.2, 0) is 0 Å². The first-order valence-corrected chi connectivity index (χ1v) is 4.76. The maximum absolute atomic E-state index is 12.3. The number of halogens is 4. The van der Waals surface area contributed by atoms with Crippen molar-refractivity contribution in [3.63, 3.8) is 0 Å². The molecule has 0 saturated carbocycles. The van der Waals surface area contributed by atoms with Gasteiger partial charge < -0.3 is 4.98 Å². The highest BCUT2D eigenvalue weighted by atomic mass is 127. The van der Waals surface area contributed by atoms with Gasteiger partial charge in [-0.05, 0) is 38.5 Å². The predicted octanol–water partition coefficient (Wildman–Crippen LogP) is 2.68. The van der Waals surface area contributed by atoms with Crippen LogP contribution in [0.4, 0.5) is 8.78 Å². The molecule has 1 rings (SSSR count). The Morgan fingerprint density at radius 2 is 2.17 bits per heavy atom. The van der Waals surface area contributed by atoms with Gasteiger partial charge in [0.05, 0.1) is 10.2 Å². The number of pyridine rings is 1. The molecule has 66 valence electrons. The first-order valence-electron chi connectivity index (χ1n) is 2.88. The average Bonchev–Trinajstić information content (AvgIpc) is 1.82. The zero-order valence-corrected chi connectivity index (χ0v) is 9.32. The summed E-state index contributed by atoms with van der Waals surface area (Å²) in [7, 11) is 0. The molecule has 1 N–H and O–H groups in total. The number of aromatic amines is 1. The normalized spacial score (nSPS) is 10.8. The fourth-order valence-electron chi connectivity index (χ4n) is 0.709. The molecule has 0 atom stereocenters. The molecule has 0 saturated heterocycles. The second kappa shape index (κ2) is 3.82. The molecule has 0 radical (unpaired) electrons. The van der Waals surface area contributed by atoms with Gasteiger partial charge in [0.15, 0.2) is 0 Å². The van der Waals surface area contributed by atoms with E-state index in [0.29, 0.717) is 0 Å². The SMILES string of the molecule is O=c1cc(I)c(C(F)F)c(Br)[nH]1. The molecule has 0 spiro atoms. The van der Waals surface area contributed by atoms with Crippen LogP contribution in [0.1, 0.15) is 12.0 Å². The van der Waals surface area contributed by atoms with Crippen LogP contribution in [0.25, 0.3) is 0 Å². The van der Waals surface area contributed by atoms with Crippen molar-refractivity contribution < 1.29 is 8.78 Å². The lowest BCUT2D eigenvalue weighted by molar-refractivity contribution is 0.149. The molecule has 0 amide bonds. The number of rotatable bonds is 1. The van der Waals surface area contributed by atoms with E-state index in [1.54, 1.807) is 22.6 Å². The molecular weight excluding hydrogens is 347 g/mol. The summed E-state index contributed by atoms with van der Waals surface area (Å²) in [5.74, 6) is 0. The van der Waals surface area contributed by atoms with Gasteiger partial charge >= 0.3 is 0 Å². The molecule has 1 aromatic rings. The molecule has 0 aromatic carbocycles. The zero-order chi connectivity index (χ0) is 9.30. The van der Waals surface area contributed by atoms with Crippen molar-refractivity contribution in [1.82, 2.24) is 4.98 Å². The molecular formula is C6H3BrF2INO. The van der Waals surface area contributed by atoms with E-state index >= 15 is 0 Å². The van der Waals surface area contributed by atoms with Crippen molar-refractivity contribution >= 4 is 38.5 Å². The van der Waals surface area contributed by atoms with Crippen LogP contribution in [-0.4, -0.2) is 4.98 Å². The third-order valence-corrected chi connectivity index (χ3v) is 2.72. The Morgan fingerprint density at radius 1 is 1.58 bits per heavy atom. The summed E-state index contributed by atoms with van der Waals surface area (Å²) in [4.78, 5) is 13.0. The Balaban J connectivity index is 3.38. The van der Waals surface area contributed by atoms with Gasteiger partial charge in [0.1, 0.15) is 0 Å². The minimum Gasteiger partial charge on any atom is -0.316 e. The van der Waals surface area contributed by atoms with E-state index in [0.717, 1.165) is 6.07 Å². The number of hydrogen-bond acceptors (Lipinski definition) is 1. The summed E-state index contributed by atoms with van der Waals surface area (Å²) < 4.78 is 24.8.